The first-order chi connectivity index (χ1) is 10.6. The Hall–Kier alpha value is -1.89. The number of hydrogen-bond acceptors (Lipinski definition) is 4. The summed E-state index contributed by atoms with van der Waals surface area (Å²) in [5.41, 5.74) is 0.360. The lowest BCUT2D eigenvalue weighted by Gasteiger charge is -2.18. The van der Waals surface area contributed by atoms with E-state index in [0.29, 0.717) is 30.8 Å². The van der Waals surface area contributed by atoms with Gasteiger partial charge in [-0.1, -0.05) is 5.16 Å². The highest BCUT2D eigenvalue weighted by Gasteiger charge is 2.26. The highest BCUT2D eigenvalue weighted by Crippen LogP contribution is 2.36. The summed E-state index contributed by atoms with van der Waals surface area (Å²) in [7, 11) is 0. The fourth-order valence-electron chi connectivity index (χ4n) is 2.47. The number of hydrogen-bond donors (Lipinski definition) is 0. The van der Waals surface area contributed by atoms with Crippen LogP contribution in [-0.2, 0) is 0 Å². The molecule has 0 radical (unpaired) electrons. The second kappa shape index (κ2) is 6.48. The van der Waals surface area contributed by atoms with Crippen molar-refractivity contribution in [1.29, 1.82) is 0 Å². The van der Waals surface area contributed by atoms with Gasteiger partial charge in [0.1, 0.15) is 11.6 Å². The normalized spacial score (nSPS) is 19.0. The molecular formula is C15H14F2N2O2S. The van der Waals surface area contributed by atoms with E-state index in [1.807, 2.05) is 0 Å². The van der Waals surface area contributed by atoms with Gasteiger partial charge in [0.25, 0.3) is 5.91 Å². The SMILES string of the molecule is O=C(c1ccno1)N1CCSC(c2cc(F)ccc2F)CC1. The van der Waals surface area contributed by atoms with Gasteiger partial charge in [0.15, 0.2) is 0 Å². The van der Waals surface area contributed by atoms with Crippen molar-refractivity contribution >= 4 is 17.7 Å². The van der Waals surface area contributed by atoms with Crippen molar-refractivity contribution in [2.24, 2.45) is 0 Å². The number of rotatable bonds is 2. The van der Waals surface area contributed by atoms with Crippen molar-refractivity contribution in [2.45, 2.75) is 11.7 Å². The molecular weight excluding hydrogens is 310 g/mol. The van der Waals surface area contributed by atoms with Gasteiger partial charge in [-0.05, 0) is 24.6 Å². The Morgan fingerprint density at radius 1 is 1.32 bits per heavy atom. The lowest BCUT2D eigenvalue weighted by Crippen LogP contribution is -2.32. The number of carbonyl (C=O) groups is 1. The van der Waals surface area contributed by atoms with Gasteiger partial charge in [0, 0.05) is 35.7 Å². The molecule has 1 atom stereocenters. The van der Waals surface area contributed by atoms with E-state index in [-0.39, 0.29) is 16.9 Å². The van der Waals surface area contributed by atoms with Crippen LogP contribution in [0.4, 0.5) is 8.78 Å². The second-order valence-corrected chi connectivity index (χ2v) is 6.29. The molecule has 0 saturated carbocycles. The number of aromatic nitrogens is 1. The smallest absolute Gasteiger partial charge is 0.292 e. The maximum absolute atomic E-state index is 13.9. The third-order valence-electron chi connectivity index (χ3n) is 3.58. The highest BCUT2D eigenvalue weighted by atomic mass is 32.2. The van der Waals surface area contributed by atoms with E-state index < -0.39 is 11.6 Å². The van der Waals surface area contributed by atoms with E-state index in [1.165, 1.54) is 30.1 Å². The van der Waals surface area contributed by atoms with Gasteiger partial charge >= 0.3 is 0 Å². The number of amides is 1. The quantitative estimate of drug-likeness (QED) is 0.850. The summed E-state index contributed by atoms with van der Waals surface area (Å²) in [6.45, 7) is 1.00. The van der Waals surface area contributed by atoms with E-state index in [9.17, 15) is 13.6 Å². The molecule has 1 aromatic carbocycles. The Morgan fingerprint density at radius 2 is 2.18 bits per heavy atom. The van der Waals surface area contributed by atoms with Gasteiger partial charge in [-0.3, -0.25) is 4.79 Å². The van der Waals surface area contributed by atoms with Crippen LogP contribution in [0.5, 0.6) is 0 Å². The average molecular weight is 324 g/mol. The van der Waals surface area contributed by atoms with Gasteiger partial charge in [0.05, 0.1) is 6.20 Å². The van der Waals surface area contributed by atoms with E-state index in [4.69, 9.17) is 4.52 Å². The van der Waals surface area contributed by atoms with Crippen LogP contribution in [0, 0.1) is 11.6 Å². The Morgan fingerprint density at radius 3 is 2.95 bits per heavy atom. The molecule has 1 saturated heterocycles. The Kier molecular flexibility index (Phi) is 4.42. The molecule has 116 valence electrons. The Balaban J connectivity index is 1.72. The molecule has 1 fully saturated rings. The topological polar surface area (TPSA) is 46.3 Å². The van der Waals surface area contributed by atoms with Gasteiger partial charge in [-0.2, -0.15) is 11.8 Å². The molecule has 1 aliphatic heterocycles. The maximum atomic E-state index is 13.9. The molecule has 22 heavy (non-hydrogen) atoms. The lowest BCUT2D eigenvalue weighted by molar-refractivity contribution is 0.0724. The predicted molar refractivity (Wildman–Crippen MR) is 78.6 cm³/mol. The summed E-state index contributed by atoms with van der Waals surface area (Å²) in [4.78, 5) is 13.9. The number of halogens is 2. The minimum Gasteiger partial charge on any atom is -0.351 e. The van der Waals surface area contributed by atoms with Crippen LogP contribution in [0.15, 0.2) is 35.0 Å². The summed E-state index contributed by atoms with van der Waals surface area (Å²) in [5, 5.41) is 3.36. The fraction of sp³-hybridized carbons (Fsp3) is 0.333. The molecule has 0 N–H and O–H groups in total. The van der Waals surface area contributed by atoms with Crippen LogP contribution in [0.1, 0.15) is 27.8 Å². The third kappa shape index (κ3) is 3.14. The molecule has 0 bridgehead atoms. The molecule has 0 spiro atoms. The predicted octanol–water partition coefficient (Wildman–Crippen LogP) is 3.27. The van der Waals surface area contributed by atoms with Crippen LogP contribution < -0.4 is 0 Å². The number of benzene rings is 1. The minimum atomic E-state index is -0.448. The summed E-state index contributed by atoms with van der Waals surface area (Å²) >= 11 is 1.53. The van der Waals surface area contributed by atoms with Crippen molar-refractivity contribution in [1.82, 2.24) is 10.1 Å². The van der Waals surface area contributed by atoms with Crippen LogP contribution in [-0.4, -0.2) is 34.8 Å². The molecule has 1 aliphatic rings. The molecule has 2 heterocycles. The largest absolute Gasteiger partial charge is 0.351 e. The fourth-order valence-corrected chi connectivity index (χ4v) is 3.71. The lowest BCUT2D eigenvalue weighted by atomic mass is 10.1. The number of thioether (sulfide) groups is 1. The van der Waals surface area contributed by atoms with E-state index in [2.05, 4.69) is 5.16 Å². The maximum Gasteiger partial charge on any atom is 0.292 e. The van der Waals surface area contributed by atoms with E-state index >= 15 is 0 Å². The Bertz CT molecular complexity index is 664. The number of nitrogens with zero attached hydrogens (tertiary/aromatic N) is 2. The van der Waals surface area contributed by atoms with Gasteiger partial charge < -0.3 is 9.42 Å². The van der Waals surface area contributed by atoms with Crippen LogP contribution in [0.2, 0.25) is 0 Å². The zero-order valence-corrected chi connectivity index (χ0v) is 12.5. The van der Waals surface area contributed by atoms with Crippen molar-refractivity contribution in [3.05, 3.63) is 53.4 Å². The van der Waals surface area contributed by atoms with Gasteiger partial charge in [-0.15, -0.1) is 0 Å². The van der Waals surface area contributed by atoms with Crippen molar-refractivity contribution in [3.8, 4) is 0 Å². The van der Waals surface area contributed by atoms with E-state index in [0.717, 1.165) is 12.1 Å². The van der Waals surface area contributed by atoms with Gasteiger partial charge in [0.2, 0.25) is 5.76 Å². The molecule has 0 aliphatic carbocycles. The summed E-state index contributed by atoms with van der Waals surface area (Å²) in [5.74, 6) is -0.232. The average Bonchev–Trinajstić information content (AvgIpc) is 2.94. The second-order valence-electron chi connectivity index (χ2n) is 4.98. The first kappa shape index (κ1) is 15.0. The minimum absolute atomic E-state index is 0.164. The zero-order valence-electron chi connectivity index (χ0n) is 11.7. The molecule has 1 amide bonds. The van der Waals surface area contributed by atoms with Crippen LogP contribution in [0.25, 0.3) is 0 Å². The summed E-state index contributed by atoms with van der Waals surface area (Å²) in [6.07, 6.45) is 1.98. The first-order valence-electron chi connectivity index (χ1n) is 6.91. The molecule has 4 nitrogen and oxygen atoms in total. The molecule has 3 rings (SSSR count). The van der Waals surface area contributed by atoms with Crippen molar-refractivity contribution in [2.75, 3.05) is 18.8 Å². The summed E-state index contributed by atoms with van der Waals surface area (Å²) < 4.78 is 32.1. The molecule has 2 aromatic rings. The third-order valence-corrected chi connectivity index (χ3v) is 4.89. The molecule has 1 aromatic heterocycles. The Labute approximate surface area is 130 Å². The first-order valence-corrected chi connectivity index (χ1v) is 7.96. The summed E-state index contributed by atoms with van der Waals surface area (Å²) in [6, 6.07) is 5.01. The monoisotopic (exact) mass is 324 g/mol. The van der Waals surface area contributed by atoms with Crippen molar-refractivity contribution in [3.63, 3.8) is 0 Å². The van der Waals surface area contributed by atoms with E-state index in [1.54, 1.807) is 4.90 Å². The molecule has 1 unspecified atom stereocenters. The van der Waals surface area contributed by atoms with Crippen LogP contribution in [0.3, 0.4) is 0 Å². The van der Waals surface area contributed by atoms with Gasteiger partial charge in [-0.25, -0.2) is 8.78 Å². The number of carbonyl (C=O) groups excluding carboxylic acids is 1. The standard InChI is InChI=1S/C15H14F2N2O2S/c16-10-1-2-12(17)11(9-10)14-4-6-19(7-8-22-14)15(20)13-3-5-18-21-13/h1-3,5,9,14H,4,6-8H2. The highest BCUT2D eigenvalue weighted by molar-refractivity contribution is 7.99. The van der Waals surface area contributed by atoms with Crippen molar-refractivity contribution < 1.29 is 18.1 Å². The van der Waals surface area contributed by atoms with Crippen LogP contribution >= 0.6 is 11.8 Å². The molecule has 7 heteroatoms. The zero-order chi connectivity index (χ0) is 15.5.